The second kappa shape index (κ2) is 10.3. The van der Waals surface area contributed by atoms with E-state index in [1.165, 1.54) is 14.2 Å². The maximum atomic E-state index is 12.6. The maximum absolute atomic E-state index is 12.6. The lowest BCUT2D eigenvalue weighted by Gasteiger charge is -2.22. The summed E-state index contributed by atoms with van der Waals surface area (Å²) in [5, 5.41) is 7.82. The molecular weight excluding hydrogens is 338 g/mol. The van der Waals surface area contributed by atoms with Crippen molar-refractivity contribution in [3.63, 3.8) is 0 Å². The molecule has 1 aromatic rings. The van der Waals surface area contributed by atoms with Gasteiger partial charge in [-0.15, -0.1) is 0 Å². The van der Waals surface area contributed by atoms with Gasteiger partial charge in [0.15, 0.2) is 0 Å². The summed E-state index contributed by atoms with van der Waals surface area (Å²) in [5.41, 5.74) is 0.309. The highest BCUT2D eigenvalue weighted by molar-refractivity contribution is 5.98. The Morgan fingerprint density at radius 1 is 1.00 bits per heavy atom. The summed E-state index contributed by atoms with van der Waals surface area (Å²) in [7, 11) is 2.98. The summed E-state index contributed by atoms with van der Waals surface area (Å²) in [6.45, 7) is 5.75. The number of ether oxygens (including phenoxy) is 2. The molecular formula is C18H27N3O5. The molecule has 1 unspecified atom stereocenters. The largest absolute Gasteiger partial charge is 0.497 e. The van der Waals surface area contributed by atoms with Crippen molar-refractivity contribution < 1.29 is 23.9 Å². The van der Waals surface area contributed by atoms with Crippen LogP contribution in [0.25, 0.3) is 0 Å². The van der Waals surface area contributed by atoms with Crippen LogP contribution >= 0.6 is 0 Å². The van der Waals surface area contributed by atoms with Crippen LogP contribution in [0.1, 0.15) is 31.1 Å². The fraction of sp³-hybridized carbons (Fsp3) is 0.500. The first-order valence-electron chi connectivity index (χ1n) is 8.40. The third-order valence-electron chi connectivity index (χ3n) is 3.65. The monoisotopic (exact) mass is 365 g/mol. The van der Waals surface area contributed by atoms with Gasteiger partial charge in [-0.1, -0.05) is 13.8 Å². The molecule has 0 saturated heterocycles. The Bertz CT molecular complexity index is 623. The molecule has 1 rings (SSSR count). The number of nitrogens with one attached hydrogen (secondary N) is 3. The van der Waals surface area contributed by atoms with Crippen molar-refractivity contribution >= 4 is 17.7 Å². The molecule has 0 aliphatic heterocycles. The lowest BCUT2D eigenvalue weighted by Crippen LogP contribution is -2.51. The zero-order valence-corrected chi connectivity index (χ0v) is 15.8. The predicted molar refractivity (Wildman–Crippen MR) is 97.3 cm³/mol. The van der Waals surface area contributed by atoms with E-state index in [2.05, 4.69) is 16.0 Å². The summed E-state index contributed by atoms with van der Waals surface area (Å²) in [5.74, 6) is -0.371. The number of likely N-dealkylation sites (N-methyl/N-ethyl adjacent to an activating group) is 1. The Labute approximate surface area is 153 Å². The second-order valence-electron chi connectivity index (χ2n) is 5.97. The third kappa shape index (κ3) is 6.27. The van der Waals surface area contributed by atoms with Crippen molar-refractivity contribution in [1.82, 2.24) is 16.0 Å². The van der Waals surface area contributed by atoms with Crippen LogP contribution in [0.15, 0.2) is 18.2 Å². The van der Waals surface area contributed by atoms with E-state index in [1.807, 2.05) is 13.8 Å². The Hall–Kier alpha value is -2.77. The molecule has 8 nitrogen and oxygen atoms in total. The van der Waals surface area contributed by atoms with Gasteiger partial charge in [0.05, 0.1) is 20.8 Å². The van der Waals surface area contributed by atoms with Crippen LogP contribution in [-0.2, 0) is 9.59 Å². The minimum Gasteiger partial charge on any atom is -0.497 e. The molecule has 0 bridgehead atoms. The molecule has 0 spiro atoms. The maximum Gasteiger partial charge on any atom is 0.252 e. The predicted octanol–water partition coefficient (Wildman–Crippen LogP) is 0.711. The van der Waals surface area contributed by atoms with E-state index in [1.54, 1.807) is 25.1 Å². The Morgan fingerprint density at radius 3 is 2.04 bits per heavy atom. The van der Waals surface area contributed by atoms with E-state index in [0.717, 1.165) is 0 Å². The van der Waals surface area contributed by atoms with E-state index in [4.69, 9.17) is 9.47 Å². The Morgan fingerprint density at radius 2 is 1.58 bits per heavy atom. The van der Waals surface area contributed by atoms with E-state index in [-0.39, 0.29) is 18.4 Å². The zero-order valence-electron chi connectivity index (χ0n) is 15.8. The fourth-order valence-corrected chi connectivity index (χ4v) is 2.24. The summed E-state index contributed by atoms with van der Waals surface area (Å²) in [6, 6.07) is 3.98. The van der Waals surface area contributed by atoms with Gasteiger partial charge in [0.25, 0.3) is 5.91 Å². The quantitative estimate of drug-likeness (QED) is 0.598. The molecule has 0 heterocycles. The van der Waals surface area contributed by atoms with Crippen LogP contribution in [0.2, 0.25) is 0 Å². The van der Waals surface area contributed by atoms with E-state index < -0.39 is 17.9 Å². The summed E-state index contributed by atoms with van der Waals surface area (Å²) in [4.78, 5) is 36.4. The summed E-state index contributed by atoms with van der Waals surface area (Å²) >= 11 is 0. The average molecular weight is 365 g/mol. The molecule has 3 amide bonds. The number of amides is 3. The molecule has 1 atom stereocenters. The number of hydrogen-bond acceptors (Lipinski definition) is 5. The third-order valence-corrected chi connectivity index (χ3v) is 3.65. The van der Waals surface area contributed by atoms with Crippen LogP contribution in [0.3, 0.4) is 0 Å². The molecule has 0 aliphatic rings. The standard InChI is InChI=1S/C18H27N3O5/c1-6-19-15(22)10-20-18(24)16(11(2)3)21-17(23)12-7-13(25-4)9-14(8-12)26-5/h7-9,11,16H,6,10H2,1-5H3,(H,19,22)(H,20,24)(H,21,23). The lowest BCUT2D eigenvalue weighted by atomic mass is 10.0. The van der Waals surface area contributed by atoms with Crippen LogP contribution < -0.4 is 25.4 Å². The van der Waals surface area contributed by atoms with Crippen molar-refractivity contribution in [3.05, 3.63) is 23.8 Å². The van der Waals surface area contributed by atoms with Crippen molar-refractivity contribution in [2.45, 2.75) is 26.8 Å². The first kappa shape index (κ1) is 21.3. The smallest absolute Gasteiger partial charge is 0.252 e. The first-order chi connectivity index (χ1) is 12.3. The number of carbonyl (C=O) groups excluding carboxylic acids is 3. The zero-order chi connectivity index (χ0) is 19.7. The van der Waals surface area contributed by atoms with Gasteiger partial charge in [0.1, 0.15) is 17.5 Å². The Kier molecular flexibility index (Phi) is 8.41. The van der Waals surface area contributed by atoms with Gasteiger partial charge in [-0.2, -0.15) is 0 Å². The fourth-order valence-electron chi connectivity index (χ4n) is 2.24. The minimum absolute atomic E-state index is 0.140. The topological polar surface area (TPSA) is 106 Å². The van der Waals surface area contributed by atoms with Crippen LogP contribution in [0, 0.1) is 5.92 Å². The molecule has 3 N–H and O–H groups in total. The van der Waals surface area contributed by atoms with Gasteiger partial charge < -0.3 is 25.4 Å². The molecule has 0 aliphatic carbocycles. The number of benzene rings is 1. The summed E-state index contributed by atoms with van der Waals surface area (Å²) < 4.78 is 10.3. The van der Waals surface area contributed by atoms with Gasteiger partial charge in [-0.05, 0) is 25.0 Å². The van der Waals surface area contributed by atoms with Gasteiger partial charge in [0.2, 0.25) is 11.8 Å². The van der Waals surface area contributed by atoms with Crippen LogP contribution in [-0.4, -0.2) is 51.1 Å². The SMILES string of the molecule is CCNC(=O)CNC(=O)C(NC(=O)c1cc(OC)cc(OC)c1)C(C)C. The molecule has 26 heavy (non-hydrogen) atoms. The van der Waals surface area contributed by atoms with E-state index >= 15 is 0 Å². The lowest BCUT2D eigenvalue weighted by molar-refractivity contribution is -0.127. The number of hydrogen-bond donors (Lipinski definition) is 3. The molecule has 0 saturated carbocycles. The average Bonchev–Trinajstić information content (AvgIpc) is 2.63. The van der Waals surface area contributed by atoms with Gasteiger partial charge in [-0.3, -0.25) is 14.4 Å². The molecule has 0 fully saturated rings. The van der Waals surface area contributed by atoms with Gasteiger partial charge in [0, 0.05) is 18.2 Å². The second-order valence-corrected chi connectivity index (χ2v) is 5.97. The highest BCUT2D eigenvalue weighted by Crippen LogP contribution is 2.22. The molecule has 8 heteroatoms. The van der Waals surface area contributed by atoms with E-state index in [9.17, 15) is 14.4 Å². The Balaban J connectivity index is 2.85. The van der Waals surface area contributed by atoms with Crippen molar-refractivity contribution in [2.24, 2.45) is 5.92 Å². The molecule has 0 radical (unpaired) electrons. The molecule has 0 aromatic heterocycles. The van der Waals surface area contributed by atoms with Crippen LogP contribution in [0.4, 0.5) is 0 Å². The number of rotatable bonds is 9. The first-order valence-corrected chi connectivity index (χ1v) is 8.40. The molecule has 1 aromatic carbocycles. The normalized spacial score (nSPS) is 11.5. The summed E-state index contributed by atoms with van der Waals surface area (Å²) in [6.07, 6.45) is 0. The van der Waals surface area contributed by atoms with E-state index in [0.29, 0.717) is 23.6 Å². The number of methoxy groups -OCH3 is 2. The number of carbonyl (C=O) groups is 3. The van der Waals surface area contributed by atoms with Gasteiger partial charge >= 0.3 is 0 Å². The van der Waals surface area contributed by atoms with Crippen LogP contribution in [0.5, 0.6) is 11.5 Å². The van der Waals surface area contributed by atoms with Gasteiger partial charge in [-0.25, -0.2) is 0 Å². The van der Waals surface area contributed by atoms with Crippen molar-refractivity contribution in [1.29, 1.82) is 0 Å². The minimum atomic E-state index is -0.783. The van der Waals surface area contributed by atoms with Crippen molar-refractivity contribution in [3.8, 4) is 11.5 Å². The molecule has 144 valence electrons. The highest BCUT2D eigenvalue weighted by Gasteiger charge is 2.25. The van der Waals surface area contributed by atoms with Crippen molar-refractivity contribution in [2.75, 3.05) is 27.3 Å². The highest BCUT2D eigenvalue weighted by atomic mass is 16.5.